The molecule has 0 aliphatic heterocycles. The molecule has 0 atom stereocenters. The van der Waals surface area contributed by atoms with Crippen LogP contribution in [0.3, 0.4) is 0 Å². The maximum absolute atomic E-state index is 12.8. The van der Waals surface area contributed by atoms with Gasteiger partial charge in [-0.2, -0.15) is 0 Å². The third kappa shape index (κ3) is 5.98. The highest BCUT2D eigenvalue weighted by atomic mass is 16.5. The average Bonchev–Trinajstić information content (AvgIpc) is 3.10. The molecule has 9 nitrogen and oxygen atoms in total. The zero-order valence-corrected chi connectivity index (χ0v) is 20.8. The number of aryl methyl sites for hydroxylation is 1. The van der Waals surface area contributed by atoms with E-state index in [2.05, 4.69) is 10.6 Å². The molecule has 0 fully saturated rings. The summed E-state index contributed by atoms with van der Waals surface area (Å²) < 4.78 is 26.7. The molecule has 0 unspecified atom stereocenters. The quantitative estimate of drug-likeness (QED) is 0.500. The predicted octanol–water partition coefficient (Wildman–Crippen LogP) is 3.00. The molecule has 0 spiro atoms. The first kappa shape index (κ1) is 25.7. The molecule has 1 aliphatic rings. The zero-order chi connectivity index (χ0) is 25.4. The Labute approximate surface area is 205 Å². The Morgan fingerprint density at radius 2 is 1.29 bits per heavy atom. The number of carbonyl (C=O) groups excluding carboxylic acids is 2. The molecule has 0 saturated heterocycles. The maximum atomic E-state index is 12.8. The van der Waals surface area contributed by atoms with Crippen LogP contribution in [0.2, 0.25) is 0 Å². The van der Waals surface area contributed by atoms with Gasteiger partial charge in [0.2, 0.25) is 11.7 Å². The Hall–Kier alpha value is -3.88. The second kappa shape index (κ2) is 12.0. The van der Waals surface area contributed by atoms with E-state index in [1.807, 2.05) is 18.2 Å². The minimum absolute atomic E-state index is 0.158. The highest BCUT2D eigenvalue weighted by Crippen LogP contribution is 2.38. The predicted molar refractivity (Wildman–Crippen MR) is 132 cm³/mol. The number of nitrogens with one attached hydrogen (secondary N) is 2. The number of hydrogen-bond donors (Lipinski definition) is 2. The molecule has 2 amide bonds. The standard InChI is InChI=1S/C26H32N2O7/c1-31-20-12-16-7-6-8-17(11-18(16)13-21(20)32-2)25(29)27-9-10-28-26(30)19-14-22(33-3)24(35-5)23(15-19)34-4/h11-15H,6-10H2,1-5H3,(H,27,29)(H,28,30). The lowest BCUT2D eigenvalue weighted by Gasteiger charge is -2.14. The van der Waals surface area contributed by atoms with Crippen molar-refractivity contribution in [3.05, 3.63) is 46.5 Å². The fourth-order valence-electron chi connectivity index (χ4n) is 3.98. The summed E-state index contributed by atoms with van der Waals surface area (Å²) in [5, 5.41) is 5.68. The molecule has 2 N–H and O–H groups in total. The minimum Gasteiger partial charge on any atom is -0.493 e. The number of ether oxygens (including phenoxy) is 5. The van der Waals surface area contributed by atoms with Crippen LogP contribution in [0, 0.1) is 0 Å². The van der Waals surface area contributed by atoms with E-state index in [4.69, 9.17) is 23.7 Å². The summed E-state index contributed by atoms with van der Waals surface area (Å²) in [6.45, 7) is 0.543. The lowest BCUT2D eigenvalue weighted by molar-refractivity contribution is -0.117. The van der Waals surface area contributed by atoms with Crippen molar-refractivity contribution in [1.82, 2.24) is 10.6 Å². The summed E-state index contributed by atoms with van der Waals surface area (Å²) in [5.74, 6) is 2.01. The second-order valence-electron chi connectivity index (χ2n) is 7.85. The third-order valence-corrected chi connectivity index (χ3v) is 5.78. The van der Waals surface area contributed by atoms with Gasteiger partial charge < -0.3 is 34.3 Å². The van der Waals surface area contributed by atoms with Crippen LogP contribution in [-0.4, -0.2) is 60.5 Å². The van der Waals surface area contributed by atoms with Gasteiger partial charge in [0.1, 0.15) is 0 Å². The van der Waals surface area contributed by atoms with E-state index in [0.29, 0.717) is 46.3 Å². The number of carbonyl (C=O) groups is 2. The molecular weight excluding hydrogens is 452 g/mol. The van der Waals surface area contributed by atoms with Gasteiger partial charge in [0.05, 0.1) is 35.5 Å². The van der Waals surface area contributed by atoms with Crippen molar-refractivity contribution in [3.63, 3.8) is 0 Å². The van der Waals surface area contributed by atoms with Crippen LogP contribution in [-0.2, 0) is 11.2 Å². The molecule has 0 aromatic heterocycles. The summed E-state index contributed by atoms with van der Waals surface area (Å²) in [7, 11) is 7.67. The third-order valence-electron chi connectivity index (χ3n) is 5.78. The van der Waals surface area contributed by atoms with Crippen molar-refractivity contribution >= 4 is 17.9 Å². The summed E-state index contributed by atoms with van der Waals surface area (Å²) in [6, 6.07) is 7.01. The Morgan fingerprint density at radius 3 is 1.86 bits per heavy atom. The van der Waals surface area contributed by atoms with Crippen LogP contribution in [0.25, 0.3) is 6.08 Å². The van der Waals surface area contributed by atoms with E-state index in [0.717, 1.165) is 24.0 Å². The van der Waals surface area contributed by atoms with Gasteiger partial charge in [-0.15, -0.1) is 0 Å². The molecule has 0 radical (unpaired) electrons. The summed E-state index contributed by atoms with van der Waals surface area (Å²) >= 11 is 0. The summed E-state index contributed by atoms with van der Waals surface area (Å²) in [6.07, 6.45) is 4.24. The molecule has 1 aliphatic carbocycles. The monoisotopic (exact) mass is 484 g/mol. The smallest absolute Gasteiger partial charge is 0.251 e. The van der Waals surface area contributed by atoms with Crippen molar-refractivity contribution in [2.75, 3.05) is 48.6 Å². The van der Waals surface area contributed by atoms with E-state index in [-0.39, 0.29) is 24.9 Å². The number of benzene rings is 2. The van der Waals surface area contributed by atoms with Gasteiger partial charge in [0.15, 0.2) is 23.0 Å². The van der Waals surface area contributed by atoms with Gasteiger partial charge in [-0.25, -0.2) is 0 Å². The van der Waals surface area contributed by atoms with Crippen molar-refractivity contribution < 1.29 is 33.3 Å². The average molecular weight is 485 g/mol. The van der Waals surface area contributed by atoms with Gasteiger partial charge in [0, 0.05) is 24.2 Å². The Morgan fingerprint density at radius 1 is 0.714 bits per heavy atom. The van der Waals surface area contributed by atoms with Gasteiger partial charge in [-0.1, -0.05) is 0 Å². The zero-order valence-electron chi connectivity index (χ0n) is 20.8. The first-order valence-electron chi connectivity index (χ1n) is 11.3. The molecule has 9 heteroatoms. The van der Waals surface area contributed by atoms with Gasteiger partial charge in [-0.3, -0.25) is 9.59 Å². The second-order valence-corrected chi connectivity index (χ2v) is 7.85. The molecule has 0 saturated carbocycles. The largest absolute Gasteiger partial charge is 0.493 e. The molecule has 2 aromatic rings. The fraction of sp³-hybridized carbons (Fsp3) is 0.385. The molecule has 35 heavy (non-hydrogen) atoms. The van der Waals surface area contributed by atoms with E-state index in [1.165, 1.54) is 21.3 Å². The molecule has 0 bridgehead atoms. The van der Waals surface area contributed by atoms with Crippen LogP contribution in [0.1, 0.15) is 34.3 Å². The normalized spacial score (nSPS) is 12.4. The SMILES string of the molecule is COc1cc2c(cc1OC)CCCC(C(=O)NCCNC(=O)c1cc(OC)c(OC)c(OC)c1)=C2. The number of rotatable bonds is 10. The number of methoxy groups -OCH3 is 5. The van der Waals surface area contributed by atoms with Crippen molar-refractivity contribution in [2.45, 2.75) is 19.3 Å². The number of fused-ring (bicyclic) bond motifs is 1. The van der Waals surface area contributed by atoms with Crippen LogP contribution >= 0.6 is 0 Å². The molecule has 188 valence electrons. The summed E-state index contributed by atoms with van der Waals surface area (Å²) in [5.41, 5.74) is 3.11. The molecule has 0 heterocycles. The van der Waals surface area contributed by atoms with Crippen molar-refractivity contribution in [1.29, 1.82) is 0 Å². The van der Waals surface area contributed by atoms with Crippen molar-refractivity contribution in [3.8, 4) is 28.7 Å². The lowest BCUT2D eigenvalue weighted by atomic mass is 10.0. The number of amides is 2. The van der Waals surface area contributed by atoms with Gasteiger partial charge in [-0.05, 0) is 60.7 Å². The van der Waals surface area contributed by atoms with Crippen LogP contribution in [0.4, 0.5) is 0 Å². The maximum Gasteiger partial charge on any atom is 0.251 e. The Balaban J connectivity index is 1.61. The Kier molecular flexibility index (Phi) is 8.83. The van der Waals surface area contributed by atoms with Crippen LogP contribution in [0.5, 0.6) is 28.7 Å². The first-order chi connectivity index (χ1) is 16.9. The molecule has 2 aromatic carbocycles. The molecular formula is C26H32N2O7. The van der Waals surface area contributed by atoms with Crippen LogP contribution in [0.15, 0.2) is 29.8 Å². The number of hydrogen-bond acceptors (Lipinski definition) is 7. The van der Waals surface area contributed by atoms with E-state index in [9.17, 15) is 9.59 Å². The van der Waals surface area contributed by atoms with E-state index in [1.54, 1.807) is 26.4 Å². The fourth-order valence-corrected chi connectivity index (χ4v) is 3.98. The topological polar surface area (TPSA) is 104 Å². The Bertz CT molecular complexity index is 1090. The molecule has 3 rings (SSSR count). The van der Waals surface area contributed by atoms with Gasteiger partial charge >= 0.3 is 0 Å². The highest BCUT2D eigenvalue weighted by Gasteiger charge is 2.19. The van der Waals surface area contributed by atoms with E-state index >= 15 is 0 Å². The highest BCUT2D eigenvalue weighted by molar-refractivity contribution is 5.98. The lowest BCUT2D eigenvalue weighted by Crippen LogP contribution is -2.35. The first-order valence-corrected chi connectivity index (χ1v) is 11.3. The summed E-state index contributed by atoms with van der Waals surface area (Å²) in [4.78, 5) is 25.4. The minimum atomic E-state index is -0.317. The van der Waals surface area contributed by atoms with Crippen LogP contribution < -0.4 is 34.3 Å². The van der Waals surface area contributed by atoms with Crippen molar-refractivity contribution in [2.24, 2.45) is 0 Å². The van der Waals surface area contributed by atoms with Gasteiger partial charge in [0.25, 0.3) is 5.91 Å². The van der Waals surface area contributed by atoms with E-state index < -0.39 is 0 Å².